The highest BCUT2D eigenvalue weighted by atomic mass is 16.5. The number of rotatable bonds is 8. The summed E-state index contributed by atoms with van der Waals surface area (Å²) in [7, 11) is 3.14. The Morgan fingerprint density at radius 2 is 1.70 bits per heavy atom. The van der Waals surface area contributed by atoms with Crippen LogP contribution in [0.5, 0.6) is 11.5 Å². The van der Waals surface area contributed by atoms with Crippen LogP contribution in [-0.4, -0.2) is 43.0 Å². The molecule has 2 aromatic rings. The molecule has 0 aliphatic heterocycles. The first-order valence-electron chi connectivity index (χ1n) is 11.7. The Morgan fingerprint density at radius 1 is 0.970 bits per heavy atom. The number of hydrogen-bond acceptors (Lipinski definition) is 5. The second kappa shape index (κ2) is 10.3. The summed E-state index contributed by atoms with van der Waals surface area (Å²) in [6.07, 6.45) is 5.47. The van der Waals surface area contributed by atoms with Gasteiger partial charge in [-0.2, -0.15) is 0 Å². The van der Waals surface area contributed by atoms with Crippen molar-refractivity contribution in [3.8, 4) is 11.5 Å². The maximum atomic E-state index is 13.7. The van der Waals surface area contributed by atoms with Gasteiger partial charge in [-0.25, -0.2) is 0 Å². The van der Waals surface area contributed by atoms with E-state index in [1.807, 2.05) is 29.2 Å². The first kappa shape index (κ1) is 23.1. The highest BCUT2D eigenvalue weighted by molar-refractivity contribution is 5.95. The Balaban J connectivity index is 1.57. The summed E-state index contributed by atoms with van der Waals surface area (Å²) in [4.78, 5) is 27.8. The van der Waals surface area contributed by atoms with Crippen molar-refractivity contribution in [2.24, 2.45) is 11.7 Å². The van der Waals surface area contributed by atoms with Crippen LogP contribution in [0.15, 0.2) is 42.5 Å². The molecule has 0 spiro atoms. The zero-order chi connectivity index (χ0) is 23.4. The molecule has 176 valence electrons. The van der Waals surface area contributed by atoms with Crippen LogP contribution in [-0.2, 0) is 11.3 Å². The van der Waals surface area contributed by atoms with Crippen molar-refractivity contribution in [2.45, 2.75) is 57.2 Å². The molecule has 0 atom stereocenters. The van der Waals surface area contributed by atoms with Crippen molar-refractivity contribution in [3.63, 3.8) is 0 Å². The van der Waals surface area contributed by atoms with Gasteiger partial charge in [0.2, 0.25) is 5.91 Å². The van der Waals surface area contributed by atoms with Crippen molar-refractivity contribution in [2.75, 3.05) is 19.5 Å². The van der Waals surface area contributed by atoms with Crippen molar-refractivity contribution in [1.82, 2.24) is 4.90 Å². The van der Waals surface area contributed by atoms with Gasteiger partial charge in [0.05, 0.1) is 14.2 Å². The minimum atomic E-state index is -0.0520. The van der Waals surface area contributed by atoms with Crippen LogP contribution in [0, 0.1) is 5.92 Å². The molecular weight excluding hydrogens is 418 g/mol. The zero-order valence-corrected chi connectivity index (χ0v) is 19.4. The van der Waals surface area contributed by atoms with Crippen LogP contribution in [0.2, 0.25) is 0 Å². The molecule has 0 heterocycles. The lowest BCUT2D eigenvalue weighted by Gasteiger charge is -2.36. The number of carbonyl (C=O) groups excluding carboxylic acids is 2. The van der Waals surface area contributed by atoms with Crippen molar-refractivity contribution in [1.29, 1.82) is 0 Å². The number of anilines is 1. The molecule has 0 bridgehead atoms. The summed E-state index contributed by atoms with van der Waals surface area (Å²) in [6.45, 7) is 0.459. The highest BCUT2D eigenvalue weighted by Crippen LogP contribution is 2.32. The maximum Gasteiger partial charge on any atom is 0.254 e. The number of nitrogens with two attached hydrogens (primary N) is 1. The fourth-order valence-corrected chi connectivity index (χ4v) is 4.45. The van der Waals surface area contributed by atoms with Crippen molar-refractivity contribution in [3.05, 3.63) is 53.6 Å². The topological polar surface area (TPSA) is 93.9 Å². The van der Waals surface area contributed by atoms with Crippen LogP contribution in [0.4, 0.5) is 5.69 Å². The van der Waals surface area contributed by atoms with E-state index in [1.54, 1.807) is 32.4 Å². The monoisotopic (exact) mass is 451 g/mol. The number of ether oxygens (including phenoxy) is 2. The molecule has 2 saturated carbocycles. The molecule has 33 heavy (non-hydrogen) atoms. The molecule has 0 aromatic heterocycles. The van der Waals surface area contributed by atoms with Gasteiger partial charge >= 0.3 is 0 Å². The number of carbonyl (C=O) groups is 2. The van der Waals surface area contributed by atoms with Gasteiger partial charge < -0.3 is 25.4 Å². The van der Waals surface area contributed by atoms with Crippen LogP contribution in [0.25, 0.3) is 0 Å². The predicted molar refractivity (Wildman–Crippen MR) is 127 cm³/mol. The molecule has 2 aliphatic carbocycles. The van der Waals surface area contributed by atoms with E-state index in [4.69, 9.17) is 15.2 Å². The van der Waals surface area contributed by atoms with Gasteiger partial charge in [-0.1, -0.05) is 12.1 Å². The van der Waals surface area contributed by atoms with E-state index >= 15 is 0 Å². The summed E-state index contributed by atoms with van der Waals surface area (Å²) < 4.78 is 10.7. The van der Waals surface area contributed by atoms with E-state index in [9.17, 15) is 9.59 Å². The minimum absolute atomic E-state index is 0.0520. The highest BCUT2D eigenvalue weighted by Gasteiger charge is 2.31. The lowest BCUT2D eigenvalue weighted by Crippen LogP contribution is -2.43. The van der Waals surface area contributed by atoms with Gasteiger partial charge in [-0.15, -0.1) is 0 Å². The van der Waals surface area contributed by atoms with Crippen LogP contribution < -0.4 is 20.5 Å². The van der Waals surface area contributed by atoms with E-state index in [0.29, 0.717) is 23.6 Å². The fraction of sp³-hybridized carbons (Fsp3) is 0.462. The van der Waals surface area contributed by atoms with Crippen molar-refractivity contribution >= 4 is 17.5 Å². The number of nitrogens with zero attached hydrogens (tertiary/aromatic N) is 1. The first-order chi connectivity index (χ1) is 16.0. The normalized spacial score (nSPS) is 20.1. The Morgan fingerprint density at radius 3 is 2.36 bits per heavy atom. The second-order valence-corrected chi connectivity index (χ2v) is 9.04. The second-order valence-electron chi connectivity index (χ2n) is 9.04. The van der Waals surface area contributed by atoms with Gasteiger partial charge in [-0.3, -0.25) is 9.59 Å². The SMILES string of the molecule is COc1ccc(C(=O)N(Cc2cccc(NC(=O)C3CC3)c2)C2CCC(N)CC2)cc1OC. The lowest BCUT2D eigenvalue weighted by molar-refractivity contribution is -0.117. The Bertz CT molecular complexity index is 997. The Labute approximate surface area is 195 Å². The summed E-state index contributed by atoms with van der Waals surface area (Å²) in [5.74, 6) is 1.28. The van der Waals surface area contributed by atoms with E-state index in [1.165, 1.54) is 0 Å². The third kappa shape index (κ3) is 5.66. The predicted octanol–water partition coefficient (Wildman–Crippen LogP) is 3.96. The third-order valence-electron chi connectivity index (χ3n) is 6.57. The molecule has 2 amide bonds. The van der Waals surface area contributed by atoms with E-state index in [-0.39, 0.29) is 29.8 Å². The molecule has 0 unspecified atom stereocenters. The average Bonchev–Trinajstić information content (AvgIpc) is 3.68. The molecule has 7 heteroatoms. The van der Waals surface area contributed by atoms with E-state index in [0.717, 1.165) is 49.8 Å². The number of hydrogen-bond donors (Lipinski definition) is 2. The molecule has 0 radical (unpaired) electrons. The largest absolute Gasteiger partial charge is 0.493 e. The number of nitrogens with one attached hydrogen (secondary N) is 1. The smallest absolute Gasteiger partial charge is 0.254 e. The number of methoxy groups -OCH3 is 2. The van der Waals surface area contributed by atoms with Crippen LogP contribution in [0.3, 0.4) is 0 Å². The summed E-state index contributed by atoms with van der Waals surface area (Å²) in [6, 6.07) is 13.3. The third-order valence-corrected chi connectivity index (χ3v) is 6.57. The molecule has 2 aliphatic rings. The Hall–Kier alpha value is -3.06. The molecule has 3 N–H and O–H groups in total. The molecule has 4 rings (SSSR count). The molecule has 2 fully saturated rings. The average molecular weight is 452 g/mol. The van der Waals surface area contributed by atoms with E-state index in [2.05, 4.69) is 5.32 Å². The quantitative estimate of drug-likeness (QED) is 0.634. The lowest BCUT2D eigenvalue weighted by atomic mass is 9.90. The molecule has 0 saturated heterocycles. The molecule has 7 nitrogen and oxygen atoms in total. The first-order valence-corrected chi connectivity index (χ1v) is 11.7. The van der Waals surface area contributed by atoms with E-state index < -0.39 is 0 Å². The van der Waals surface area contributed by atoms with Gasteiger partial charge in [0.15, 0.2) is 11.5 Å². The zero-order valence-electron chi connectivity index (χ0n) is 19.4. The van der Waals surface area contributed by atoms with Crippen molar-refractivity contribution < 1.29 is 19.1 Å². The Kier molecular flexibility index (Phi) is 7.18. The number of amides is 2. The van der Waals surface area contributed by atoms with Gasteiger partial charge in [0.1, 0.15) is 0 Å². The standard InChI is InChI=1S/C26H33N3O4/c1-32-23-13-8-19(15-24(23)33-2)26(31)29(22-11-9-20(27)10-12-22)16-17-4-3-5-21(14-17)28-25(30)18-6-7-18/h3-5,8,13-15,18,20,22H,6-7,9-12,16,27H2,1-2H3,(H,28,30). The number of benzene rings is 2. The summed E-state index contributed by atoms with van der Waals surface area (Å²) >= 11 is 0. The molecular formula is C26H33N3O4. The molecule has 2 aromatic carbocycles. The van der Waals surface area contributed by atoms with Gasteiger partial charge in [0, 0.05) is 35.8 Å². The van der Waals surface area contributed by atoms with Gasteiger partial charge in [0.25, 0.3) is 5.91 Å². The summed E-state index contributed by atoms with van der Waals surface area (Å²) in [5.41, 5.74) is 8.44. The summed E-state index contributed by atoms with van der Waals surface area (Å²) in [5, 5.41) is 3.00. The van der Waals surface area contributed by atoms with Crippen LogP contribution >= 0.6 is 0 Å². The van der Waals surface area contributed by atoms with Gasteiger partial charge in [-0.05, 0) is 74.4 Å². The minimum Gasteiger partial charge on any atom is -0.493 e. The maximum absolute atomic E-state index is 13.7. The fourth-order valence-electron chi connectivity index (χ4n) is 4.45. The van der Waals surface area contributed by atoms with Crippen LogP contribution in [0.1, 0.15) is 54.4 Å².